The predicted molar refractivity (Wildman–Crippen MR) is 42.8 cm³/mol. The van der Waals surface area contributed by atoms with Crippen LogP contribution in [0.4, 0.5) is 0 Å². The van der Waals surface area contributed by atoms with E-state index >= 15 is 0 Å². The summed E-state index contributed by atoms with van der Waals surface area (Å²) < 4.78 is 5.14. The minimum Gasteiger partial charge on any atom is -0.481 e. The Morgan fingerprint density at radius 1 is 1.55 bits per heavy atom. The molecule has 2 nitrogen and oxygen atoms in total. The Morgan fingerprint density at radius 2 is 2.36 bits per heavy atom. The minimum atomic E-state index is 0.721. The summed E-state index contributed by atoms with van der Waals surface area (Å²) in [6.07, 6.45) is 4.36. The van der Waals surface area contributed by atoms with Gasteiger partial charge in [-0.1, -0.05) is 6.07 Å². The van der Waals surface area contributed by atoms with Crippen molar-refractivity contribution in [3.05, 3.63) is 23.9 Å². The number of pyridine rings is 1. The first-order chi connectivity index (χ1) is 5.42. The second-order valence-electron chi connectivity index (χ2n) is 2.88. The van der Waals surface area contributed by atoms with E-state index in [0.717, 1.165) is 11.8 Å². The molecule has 0 atom stereocenters. The Balaban J connectivity index is 2.34. The van der Waals surface area contributed by atoms with Crippen molar-refractivity contribution >= 4 is 0 Å². The number of hydrogen-bond donors (Lipinski definition) is 0. The second-order valence-corrected chi connectivity index (χ2v) is 2.88. The van der Waals surface area contributed by atoms with Gasteiger partial charge in [-0.3, -0.25) is 0 Å². The molecule has 1 fully saturated rings. The molecule has 0 unspecified atom stereocenters. The van der Waals surface area contributed by atoms with Crippen LogP contribution in [0.5, 0.6) is 5.88 Å². The highest BCUT2D eigenvalue weighted by atomic mass is 16.5. The van der Waals surface area contributed by atoms with E-state index in [1.54, 1.807) is 13.3 Å². The zero-order chi connectivity index (χ0) is 7.68. The van der Waals surface area contributed by atoms with Gasteiger partial charge < -0.3 is 4.74 Å². The number of rotatable bonds is 2. The summed E-state index contributed by atoms with van der Waals surface area (Å²) >= 11 is 0. The van der Waals surface area contributed by atoms with Gasteiger partial charge in [-0.15, -0.1) is 0 Å². The Labute approximate surface area is 66.2 Å². The van der Waals surface area contributed by atoms with Gasteiger partial charge in [0, 0.05) is 11.8 Å². The quantitative estimate of drug-likeness (QED) is 0.641. The van der Waals surface area contributed by atoms with E-state index in [2.05, 4.69) is 11.1 Å². The monoisotopic (exact) mass is 149 g/mol. The van der Waals surface area contributed by atoms with Crippen molar-refractivity contribution in [1.82, 2.24) is 4.98 Å². The van der Waals surface area contributed by atoms with Crippen LogP contribution in [0.3, 0.4) is 0 Å². The normalized spacial score (nSPS) is 16.5. The molecule has 1 aromatic heterocycles. The molecule has 0 N–H and O–H groups in total. The molecule has 0 amide bonds. The van der Waals surface area contributed by atoms with Crippen molar-refractivity contribution in [3.8, 4) is 5.88 Å². The third kappa shape index (κ3) is 1.20. The summed E-state index contributed by atoms with van der Waals surface area (Å²) in [5.74, 6) is 1.52. The van der Waals surface area contributed by atoms with Crippen LogP contribution in [0.25, 0.3) is 0 Å². The first-order valence-electron chi connectivity index (χ1n) is 3.90. The fourth-order valence-electron chi connectivity index (χ4n) is 1.28. The SMILES string of the molecule is COc1ncccc1C1CC1. The molecule has 1 aliphatic carbocycles. The molecule has 1 saturated carbocycles. The molecule has 0 bridgehead atoms. The molecule has 1 aliphatic rings. The van der Waals surface area contributed by atoms with E-state index in [9.17, 15) is 0 Å². The van der Waals surface area contributed by atoms with Gasteiger partial charge in [0.25, 0.3) is 0 Å². The van der Waals surface area contributed by atoms with Gasteiger partial charge in [0.05, 0.1) is 7.11 Å². The molecule has 0 radical (unpaired) electrons. The third-order valence-electron chi connectivity index (χ3n) is 2.01. The maximum Gasteiger partial charge on any atom is 0.216 e. The number of ether oxygens (including phenoxy) is 1. The number of hydrogen-bond acceptors (Lipinski definition) is 2. The molecule has 1 aromatic rings. The predicted octanol–water partition coefficient (Wildman–Crippen LogP) is 1.97. The lowest BCUT2D eigenvalue weighted by atomic mass is 10.2. The fourth-order valence-corrected chi connectivity index (χ4v) is 1.28. The van der Waals surface area contributed by atoms with Crippen LogP contribution in [-0.4, -0.2) is 12.1 Å². The van der Waals surface area contributed by atoms with E-state index in [1.807, 2.05) is 6.07 Å². The van der Waals surface area contributed by atoms with Crippen molar-refractivity contribution in [1.29, 1.82) is 0 Å². The summed E-state index contributed by atoms with van der Waals surface area (Å²) in [4.78, 5) is 4.14. The highest BCUT2D eigenvalue weighted by molar-refractivity contribution is 5.32. The smallest absolute Gasteiger partial charge is 0.216 e. The first kappa shape index (κ1) is 6.65. The Morgan fingerprint density at radius 3 is 3.00 bits per heavy atom. The lowest BCUT2D eigenvalue weighted by Gasteiger charge is -2.03. The Hall–Kier alpha value is -1.05. The standard InChI is InChI=1S/C9H11NO/c1-11-9-8(7-4-5-7)3-2-6-10-9/h2-3,6-7H,4-5H2,1H3. The van der Waals surface area contributed by atoms with Gasteiger partial charge in [0.2, 0.25) is 5.88 Å². The Kier molecular flexibility index (Phi) is 1.53. The number of methoxy groups -OCH3 is 1. The summed E-state index contributed by atoms with van der Waals surface area (Å²) in [5, 5.41) is 0. The topological polar surface area (TPSA) is 22.1 Å². The summed E-state index contributed by atoms with van der Waals surface area (Å²) in [5.41, 5.74) is 1.27. The van der Waals surface area contributed by atoms with Gasteiger partial charge in [-0.25, -0.2) is 4.98 Å². The fraction of sp³-hybridized carbons (Fsp3) is 0.444. The number of nitrogens with zero attached hydrogens (tertiary/aromatic N) is 1. The molecule has 0 spiro atoms. The van der Waals surface area contributed by atoms with Crippen molar-refractivity contribution in [2.24, 2.45) is 0 Å². The van der Waals surface area contributed by atoms with Gasteiger partial charge in [-0.05, 0) is 24.8 Å². The van der Waals surface area contributed by atoms with Crippen LogP contribution in [0.15, 0.2) is 18.3 Å². The maximum atomic E-state index is 5.14. The summed E-state index contributed by atoms with van der Waals surface area (Å²) in [7, 11) is 1.67. The highest BCUT2D eigenvalue weighted by Gasteiger charge is 2.26. The van der Waals surface area contributed by atoms with E-state index in [0.29, 0.717) is 0 Å². The van der Waals surface area contributed by atoms with Crippen LogP contribution in [0.2, 0.25) is 0 Å². The molecule has 11 heavy (non-hydrogen) atoms. The zero-order valence-electron chi connectivity index (χ0n) is 6.58. The molecular weight excluding hydrogens is 138 g/mol. The lowest BCUT2D eigenvalue weighted by molar-refractivity contribution is 0.392. The van der Waals surface area contributed by atoms with Crippen molar-refractivity contribution < 1.29 is 4.74 Å². The van der Waals surface area contributed by atoms with Crippen LogP contribution in [-0.2, 0) is 0 Å². The first-order valence-corrected chi connectivity index (χ1v) is 3.90. The van der Waals surface area contributed by atoms with Crippen LogP contribution < -0.4 is 4.74 Å². The van der Waals surface area contributed by atoms with E-state index in [1.165, 1.54) is 18.4 Å². The van der Waals surface area contributed by atoms with Gasteiger partial charge in [0.1, 0.15) is 0 Å². The molecule has 2 heteroatoms. The molecule has 0 saturated heterocycles. The molecule has 0 aliphatic heterocycles. The van der Waals surface area contributed by atoms with E-state index in [-0.39, 0.29) is 0 Å². The average molecular weight is 149 g/mol. The molecule has 2 rings (SSSR count). The second kappa shape index (κ2) is 2.53. The third-order valence-corrected chi connectivity index (χ3v) is 2.01. The van der Waals surface area contributed by atoms with Gasteiger partial charge in [-0.2, -0.15) is 0 Å². The molecule has 1 heterocycles. The van der Waals surface area contributed by atoms with Crippen LogP contribution >= 0.6 is 0 Å². The van der Waals surface area contributed by atoms with Gasteiger partial charge in [0.15, 0.2) is 0 Å². The average Bonchev–Trinajstić information content (AvgIpc) is 2.87. The van der Waals surface area contributed by atoms with Gasteiger partial charge >= 0.3 is 0 Å². The number of aromatic nitrogens is 1. The highest BCUT2D eigenvalue weighted by Crippen LogP contribution is 2.43. The van der Waals surface area contributed by atoms with E-state index in [4.69, 9.17) is 4.74 Å². The largest absolute Gasteiger partial charge is 0.481 e. The van der Waals surface area contributed by atoms with Crippen LogP contribution in [0, 0.1) is 0 Å². The molecule has 58 valence electrons. The van der Waals surface area contributed by atoms with Crippen molar-refractivity contribution in [2.75, 3.05) is 7.11 Å². The molecule has 0 aromatic carbocycles. The van der Waals surface area contributed by atoms with Crippen molar-refractivity contribution in [3.63, 3.8) is 0 Å². The minimum absolute atomic E-state index is 0.721. The van der Waals surface area contributed by atoms with E-state index < -0.39 is 0 Å². The maximum absolute atomic E-state index is 5.14. The lowest BCUT2D eigenvalue weighted by Crippen LogP contribution is -1.91. The summed E-state index contributed by atoms with van der Waals surface area (Å²) in [6, 6.07) is 4.07. The van der Waals surface area contributed by atoms with Crippen LogP contribution in [0.1, 0.15) is 24.3 Å². The van der Waals surface area contributed by atoms with Crippen molar-refractivity contribution in [2.45, 2.75) is 18.8 Å². The molecular formula is C9H11NO. The summed E-state index contributed by atoms with van der Waals surface area (Å²) in [6.45, 7) is 0. The zero-order valence-corrected chi connectivity index (χ0v) is 6.58. The Bertz CT molecular complexity index is 255.